The van der Waals surface area contributed by atoms with Gasteiger partial charge in [0.05, 0.1) is 5.56 Å². The quantitative estimate of drug-likeness (QED) is 0.883. The van der Waals surface area contributed by atoms with Crippen LogP contribution in [0.2, 0.25) is 0 Å². The van der Waals surface area contributed by atoms with Crippen molar-refractivity contribution >= 4 is 36.4 Å². The Morgan fingerprint density at radius 1 is 1.23 bits per heavy atom. The maximum atomic E-state index is 12.2. The lowest BCUT2D eigenvalue weighted by Crippen LogP contribution is -2.23. The van der Waals surface area contributed by atoms with Crippen molar-refractivity contribution in [2.24, 2.45) is 0 Å². The summed E-state index contributed by atoms with van der Waals surface area (Å²) >= 11 is 0. The SMILES string of the molecule is Cc1ncccc1C(=O)Nc1ccc2c(c1)CNCC2.Cl.Cl. The Bertz CT molecular complexity index is 662. The summed E-state index contributed by atoms with van der Waals surface area (Å²) in [5, 5.41) is 6.28. The minimum Gasteiger partial charge on any atom is -0.322 e. The fourth-order valence-electron chi connectivity index (χ4n) is 2.48. The van der Waals surface area contributed by atoms with Crippen LogP contribution in [0, 0.1) is 6.92 Å². The molecule has 4 nitrogen and oxygen atoms in total. The number of nitrogens with zero attached hydrogens (tertiary/aromatic N) is 1. The van der Waals surface area contributed by atoms with Crippen molar-refractivity contribution in [3.63, 3.8) is 0 Å². The molecule has 1 aliphatic heterocycles. The topological polar surface area (TPSA) is 54.0 Å². The van der Waals surface area contributed by atoms with E-state index in [1.165, 1.54) is 11.1 Å². The summed E-state index contributed by atoms with van der Waals surface area (Å²) in [6, 6.07) is 9.68. The number of hydrogen-bond donors (Lipinski definition) is 2. The molecule has 3 rings (SSSR count). The average molecular weight is 340 g/mol. The van der Waals surface area contributed by atoms with Gasteiger partial charge in [0.1, 0.15) is 0 Å². The van der Waals surface area contributed by atoms with Gasteiger partial charge in [-0.05, 0) is 55.3 Å². The molecule has 1 aliphatic rings. The fourth-order valence-corrected chi connectivity index (χ4v) is 2.48. The number of aromatic nitrogens is 1. The minimum atomic E-state index is -0.112. The number of rotatable bonds is 2. The molecule has 2 aromatic rings. The summed E-state index contributed by atoms with van der Waals surface area (Å²) in [4.78, 5) is 16.4. The smallest absolute Gasteiger partial charge is 0.257 e. The van der Waals surface area contributed by atoms with Gasteiger partial charge in [-0.3, -0.25) is 9.78 Å². The Morgan fingerprint density at radius 2 is 2.05 bits per heavy atom. The first-order valence-corrected chi connectivity index (χ1v) is 6.79. The van der Waals surface area contributed by atoms with Crippen molar-refractivity contribution in [2.75, 3.05) is 11.9 Å². The predicted molar refractivity (Wildman–Crippen MR) is 93.3 cm³/mol. The minimum absolute atomic E-state index is 0. The monoisotopic (exact) mass is 339 g/mol. The van der Waals surface area contributed by atoms with E-state index in [0.717, 1.165) is 30.9 Å². The van der Waals surface area contributed by atoms with Gasteiger partial charge < -0.3 is 10.6 Å². The molecule has 0 aliphatic carbocycles. The van der Waals surface area contributed by atoms with Crippen LogP contribution in [0.25, 0.3) is 0 Å². The van der Waals surface area contributed by atoms with Crippen LogP contribution in [0.4, 0.5) is 5.69 Å². The number of pyridine rings is 1. The molecular formula is C16H19Cl2N3O. The van der Waals surface area contributed by atoms with E-state index in [1.807, 2.05) is 19.1 Å². The molecule has 6 heteroatoms. The molecule has 2 heterocycles. The molecule has 1 aromatic heterocycles. The predicted octanol–water partition coefficient (Wildman–Crippen LogP) is 3.13. The lowest BCUT2D eigenvalue weighted by Gasteiger charge is -2.18. The van der Waals surface area contributed by atoms with Gasteiger partial charge in [-0.2, -0.15) is 0 Å². The van der Waals surface area contributed by atoms with Gasteiger partial charge in [-0.1, -0.05) is 6.07 Å². The number of hydrogen-bond acceptors (Lipinski definition) is 3. The van der Waals surface area contributed by atoms with Crippen LogP contribution in [-0.2, 0) is 13.0 Å². The Kier molecular flexibility index (Phi) is 6.81. The molecule has 0 saturated carbocycles. The van der Waals surface area contributed by atoms with E-state index in [-0.39, 0.29) is 30.7 Å². The molecule has 0 saturated heterocycles. The molecule has 0 unspecified atom stereocenters. The van der Waals surface area contributed by atoms with Crippen LogP contribution >= 0.6 is 24.8 Å². The third-order valence-corrected chi connectivity index (χ3v) is 3.60. The highest BCUT2D eigenvalue weighted by atomic mass is 35.5. The Morgan fingerprint density at radius 3 is 2.82 bits per heavy atom. The standard InChI is InChI=1S/C16H17N3O.2ClH/c1-11-15(3-2-7-18-11)16(20)19-14-5-4-12-6-8-17-10-13(12)9-14;;/h2-5,7,9,17H,6,8,10H2,1H3,(H,19,20);2*1H. The number of aryl methyl sites for hydroxylation is 1. The third kappa shape index (κ3) is 3.97. The summed E-state index contributed by atoms with van der Waals surface area (Å²) in [5.74, 6) is -0.112. The third-order valence-electron chi connectivity index (χ3n) is 3.60. The zero-order valence-electron chi connectivity index (χ0n) is 12.3. The molecule has 0 radical (unpaired) electrons. The van der Waals surface area contributed by atoms with Crippen LogP contribution < -0.4 is 10.6 Å². The maximum absolute atomic E-state index is 12.2. The molecule has 0 spiro atoms. The van der Waals surface area contributed by atoms with Gasteiger partial charge in [-0.15, -0.1) is 24.8 Å². The van der Waals surface area contributed by atoms with Crippen molar-refractivity contribution < 1.29 is 4.79 Å². The fraction of sp³-hybridized carbons (Fsp3) is 0.250. The summed E-state index contributed by atoms with van der Waals surface area (Å²) in [7, 11) is 0. The number of carbonyl (C=O) groups is 1. The number of benzene rings is 1. The molecule has 1 amide bonds. The highest BCUT2D eigenvalue weighted by Gasteiger charge is 2.12. The Hall–Kier alpha value is -1.62. The second-order valence-electron chi connectivity index (χ2n) is 5.00. The van der Waals surface area contributed by atoms with Crippen LogP contribution in [0.15, 0.2) is 36.5 Å². The van der Waals surface area contributed by atoms with Gasteiger partial charge in [0.15, 0.2) is 0 Å². The first-order valence-electron chi connectivity index (χ1n) is 6.79. The van der Waals surface area contributed by atoms with Gasteiger partial charge in [0.2, 0.25) is 0 Å². The highest BCUT2D eigenvalue weighted by molar-refractivity contribution is 6.05. The average Bonchev–Trinajstić information content (AvgIpc) is 2.47. The Balaban J connectivity index is 0.00000121. The molecule has 0 atom stereocenters. The first-order chi connectivity index (χ1) is 9.74. The normalized spacial score (nSPS) is 12.4. The van der Waals surface area contributed by atoms with Gasteiger partial charge >= 0.3 is 0 Å². The van der Waals surface area contributed by atoms with E-state index in [1.54, 1.807) is 18.3 Å². The second kappa shape index (κ2) is 8.13. The van der Waals surface area contributed by atoms with E-state index in [4.69, 9.17) is 0 Å². The van der Waals surface area contributed by atoms with Crippen LogP contribution in [-0.4, -0.2) is 17.4 Å². The molecule has 2 N–H and O–H groups in total. The number of carbonyl (C=O) groups excluding carboxylic acids is 1. The molecule has 1 aromatic carbocycles. The van der Waals surface area contributed by atoms with E-state index in [2.05, 4.69) is 21.7 Å². The van der Waals surface area contributed by atoms with Gasteiger partial charge in [0, 0.05) is 24.1 Å². The van der Waals surface area contributed by atoms with E-state index >= 15 is 0 Å². The molecule has 22 heavy (non-hydrogen) atoms. The summed E-state index contributed by atoms with van der Waals surface area (Å²) < 4.78 is 0. The summed E-state index contributed by atoms with van der Waals surface area (Å²) in [6.45, 7) is 3.73. The first kappa shape index (κ1) is 18.4. The summed E-state index contributed by atoms with van der Waals surface area (Å²) in [5.41, 5.74) is 4.81. The second-order valence-corrected chi connectivity index (χ2v) is 5.00. The van der Waals surface area contributed by atoms with Crippen molar-refractivity contribution in [3.05, 3.63) is 58.9 Å². The summed E-state index contributed by atoms with van der Waals surface area (Å²) in [6.07, 6.45) is 2.74. The van der Waals surface area contributed by atoms with E-state index in [9.17, 15) is 4.79 Å². The molecule has 0 fully saturated rings. The van der Waals surface area contributed by atoms with Gasteiger partial charge in [-0.25, -0.2) is 0 Å². The lowest BCUT2D eigenvalue weighted by molar-refractivity contribution is 0.102. The number of amides is 1. The lowest BCUT2D eigenvalue weighted by atomic mass is 10.0. The van der Waals surface area contributed by atoms with Crippen LogP contribution in [0.1, 0.15) is 27.2 Å². The zero-order valence-corrected chi connectivity index (χ0v) is 13.9. The van der Waals surface area contributed by atoms with Crippen LogP contribution in [0.5, 0.6) is 0 Å². The van der Waals surface area contributed by atoms with Crippen molar-refractivity contribution in [1.29, 1.82) is 0 Å². The van der Waals surface area contributed by atoms with Gasteiger partial charge in [0.25, 0.3) is 5.91 Å². The highest BCUT2D eigenvalue weighted by Crippen LogP contribution is 2.19. The van der Waals surface area contributed by atoms with Crippen molar-refractivity contribution in [3.8, 4) is 0 Å². The number of halogens is 2. The van der Waals surface area contributed by atoms with Crippen molar-refractivity contribution in [1.82, 2.24) is 10.3 Å². The Labute approximate surface area is 142 Å². The maximum Gasteiger partial charge on any atom is 0.257 e. The van der Waals surface area contributed by atoms with Crippen LogP contribution in [0.3, 0.4) is 0 Å². The number of fused-ring (bicyclic) bond motifs is 1. The molecule has 118 valence electrons. The molecule has 0 bridgehead atoms. The van der Waals surface area contributed by atoms with E-state index < -0.39 is 0 Å². The van der Waals surface area contributed by atoms with Crippen molar-refractivity contribution in [2.45, 2.75) is 19.9 Å². The van der Waals surface area contributed by atoms with E-state index in [0.29, 0.717) is 5.56 Å². The number of nitrogens with one attached hydrogen (secondary N) is 2. The zero-order chi connectivity index (χ0) is 13.9. The number of anilines is 1. The molecular weight excluding hydrogens is 321 g/mol. The largest absolute Gasteiger partial charge is 0.322 e.